The Morgan fingerprint density at radius 3 is 2.03 bits per heavy atom. The molecule has 0 N–H and O–H groups in total. The zero-order chi connectivity index (χ0) is 21.6. The van der Waals surface area contributed by atoms with Crippen molar-refractivity contribution in [1.29, 1.82) is 0 Å². The second-order valence-electron chi connectivity index (χ2n) is 7.24. The van der Waals surface area contributed by atoms with Crippen LogP contribution in [0.3, 0.4) is 0 Å². The molecule has 6 heteroatoms. The Morgan fingerprint density at radius 2 is 1.55 bits per heavy atom. The van der Waals surface area contributed by atoms with Crippen molar-refractivity contribution in [3.63, 3.8) is 0 Å². The molecule has 1 aromatic carbocycles. The number of carbonyl (C=O) groups excluding carboxylic acids is 4. The maximum Gasteiger partial charge on any atom is 0.323 e. The average molecular weight is 398 g/mol. The number of esters is 2. The van der Waals surface area contributed by atoms with E-state index in [9.17, 15) is 19.2 Å². The molecule has 0 radical (unpaired) electrons. The minimum atomic E-state index is -1.44. The first kappa shape index (κ1) is 22.3. The number of ketones is 2. The third-order valence-electron chi connectivity index (χ3n) is 5.29. The summed E-state index contributed by atoms with van der Waals surface area (Å²) in [6.45, 7) is 2.69. The topological polar surface area (TPSA) is 86.7 Å². The molecular weight excluding hydrogens is 372 g/mol. The SMILES string of the molecule is COC(=O)C1(C(=O)OC)C/C(=C\c2ccccc2)C(CC=C(C(C)=O)C(C)=O)C1. The first-order chi connectivity index (χ1) is 13.7. The molecule has 0 spiro atoms. The van der Waals surface area contributed by atoms with Crippen LogP contribution in [0.5, 0.6) is 0 Å². The number of benzene rings is 1. The van der Waals surface area contributed by atoms with Gasteiger partial charge in [0.15, 0.2) is 17.0 Å². The molecule has 154 valence electrons. The predicted molar refractivity (Wildman–Crippen MR) is 108 cm³/mol. The second-order valence-corrected chi connectivity index (χ2v) is 7.24. The molecule has 1 saturated carbocycles. The number of ether oxygens (including phenoxy) is 2. The lowest BCUT2D eigenvalue weighted by Gasteiger charge is -2.22. The van der Waals surface area contributed by atoms with Crippen molar-refractivity contribution in [2.24, 2.45) is 11.3 Å². The van der Waals surface area contributed by atoms with Crippen LogP contribution in [-0.4, -0.2) is 37.7 Å². The largest absolute Gasteiger partial charge is 0.468 e. The number of carbonyl (C=O) groups is 4. The van der Waals surface area contributed by atoms with Crippen molar-refractivity contribution in [3.8, 4) is 0 Å². The van der Waals surface area contributed by atoms with Gasteiger partial charge >= 0.3 is 11.9 Å². The highest BCUT2D eigenvalue weighted by Gasteiger charge is 2.55. The number of rotatable bonds is 7. The van der Waals surface area contributed by atoms with Gasteiger partial charge in [0.1, 0.15) is 0 Å². The highest BCUT2D eigenvalue weighted by atomic mass is 16.5. The van der Waals surface area contributed by atoms with Gasteiger partial charge in [-0.15, -0.1) is 0 Å². The highest BCUT2D eigenvalue weighted by Crippen LogP contribution is 2.49. The van der Waals surface area contributed by atoms with Crippen molar-refractivity contribution in [3.05, 3.63) is 53.1 Å². The molecule has 0 amide bonds. The Balaban J connectivity index is 2.49. The lowest BCUT2D eigenvalue weighted by Crippen LogP contribution is -2.39. The van der Waals surface area contributed by atoms with Crippen molar-refractivity contribution in [2.75, 3.05) is 14.2 Å². The Hall–Kier alpha value is -3.02. The van der Waals surface area contributed by atoms with Crippen LogP contribution in [0.25, 0.3) is 6.08 Å². The molecule has 0 aliphatic heterocycles. The van der Waals surface area contributed by atoms with E-state index in [-0.39, 0.29) is 35.9 Å². The number of hydrogen-bond donors (Lipinski definition) is 0. The molecule has 0 heterocycles. The van der Waals surface area contributed by atoms with Gasteiger partial charge in [-0.25, -0.2) is 0 Å². The molecule has 1 aliphatic carbocycles. The van der Waals surface area contributed by atoms with Gasteiger partial charge < -0.3 is 9.47 Å². The molecule has 1 atom stereocenters. The van der Waals surface area contributed by atoms with E-state index in [2.05, 4.69) is 0 Å². The van der Waals surface area contributed by atoms with Crippen LogP contribution in [0.4, 0.5) is 0 Å². The second kappa shape index (κ2) is 9.45. The minimum absolute atomic E-state index is 0.123. The van der Waals surface area contributed by atoms with Crippen LogP contribution in [0.1, 0.15) is 38.7 Å². The molecule has 0 aromatic heterocycles. The summed E-state index contributed by atoms with van der Waals surface area (Å²) in [6.07, 6.45) is 4.23. The zero-order valence-electron chi connectivity index (χ0n) is 17.2. The summed E-state index contributed by atoms with van der Waals surface area (Å²) in [5, 5.41) is 0. The van der Waals surface area contributed by atoms with Gasteiger partial charge in [-0.05, 0) is 44.6 Å². The lowest BCUT2D eigenvalue weighted by atomic mass is 9.84. The summed E-state index contributed by atoms with van der Waals surface area (Å²) in [4.78, 5) is 48.6. The fraction of sp³-hybridized carbons (Fsp3) is 0.391. The number of allylic oxidation sites excluding steroid dienone is 3. The average Bonchev–Trinajstić information content (AvgIpc) is 3.06. The van der Waals surface area contributed by atoms with Crippen molar-refractivity contribution < 1.29 is 28.7 Å². The third-order valence-corrected chi connectivity index (χ3v) is 5.29. The summed E-state index contributed by atoms with van der Waals surface area (Å²) in [7, 11) is 2.48. The van der Waals surface area contributed by atoms with Gasteiger partial charge in [0.25, 0.3) is 0 Å². The zero-order valence-corrected chi connectivity index (χ0v) is 17.2. The molecule has 1 fully saturated rings. The standard InChI is InChI=1S/C23H26O6/c1-15(24)20(16(2)25)11-10-18-13-23(21(26)28-3,22(27)29-4)14-19(18)12-17-8-6-5-7-9-17/h5-9,11-12,18H,10,13-14H2,1-4H3/b19-12+. The van der Waals surface area contributed by atoms with E-state index in [4.69, 9.17) is 9.47 Å². The van der Waals surface area contributed by atoms with Crippen LogP contribution in [0.2, 0.25) is 0 Å². The van der Waals surface area contributed by atoms with Gasteiger partial charge in [-0.3, -0.25) is 19.2 Å². The van der Waals surface area contributed by atoms with Gasteiger partial charge in [0.2, 0.25) is 0 Å². The number of methoxy groups -OCH3 is 2. The normalized spacial score (nSPS) is 18.8. The quantitative estimate of drug-likeness (QED) is 0.303. The highest BCUT2D eigenvalue weighted by molar-refractivity contribution is 6.18. The van der Waals surface area contributed by atoms with E-state index >= 15 is 0 Å². The minimum Gasteiger partial charge on any atom is -0.468 e. The van der Waals surface area contributed by atoms with Gasteiger partial charge in [0, 0.05) is 0 Å². The Kier molecular flexibility index (Phi) is 7.26. The predicted octanol–water partition coefficient (Wildman–Crippen LogP) is 3.31. The van der Waals surface area contributed by atoms with E-state index in [1.54, 1.807) is 6.08 Å². The van der Waals surface area contributed by atoms with E-state index in [0.717, 1.165) is 11.1 Å². The number of Topliss-reactive ketones (excluding diaryl/α,β-unsaturated/α-hetero) is 2. The molecule has 1 unspecified atom stereocenters. The van der Waals surface area contributed by atoms with Crippen molar-refractivity contribution >= 4 is 29.6 Å². The van der Waals surface area contributed by atoms with Crippen molar-refractivity contribution in [1.82, 2.24) is 0 Å². The van der Waals surface area contributed by atoms with Gasteiger partial charge in [0.05, 0.1) is 19.8 Å². The molecule has 1 aliphatic rings. The Morgan fingerprint density at radius 1 is 1.00 bits per heavy atom. The molecule has 29 heavy (non-hydrogen) atoms. The molecule has 1 aromatic rings. The fourth-order valence-electron chi connectivity index (χ4n) is 3.86. The summed E-state index contributed by atoms with van der Waals surface area (Å²) < 4.78 is 9.84. The van der Waals surface area contributed by atoms with Crippen LogP contribution >= 0.6 is 0 Å². The molecular formula is C23H26O6. The smallest absolute Gasteiger partial charge is 0.323 e. The first-order valence-corrected chi connectivity index (χ1v) is 9.39. The first-order valence-electron chi connectivity index (χ1n) is 9.39. The Labute approximate surface area is 170 Å². The fourth-order valence-corrected chi connectivity index (χ4v) is 3.86. The summed E-state index contributed by atoms with van der Waals surface area (Å²) in [5.41, 5.74) is 0.489. The summed E-state index contributed by atoms with van der Waals surface area (Å²) >= 11 is 0. The van der Waals surface area contributed by atoms with E-state index in [0.29, 0.717) is 6.42 Å². The lowest BCUT2D eigenvalue weighted by molar-refractivity contribution is -0.168. The number of hydrogen-bond acceptors (Lipinski definition) is 6. The molecule has 6 nitrogen and oxygen atoms in total. The maximum atomic E-state index is 12.6. The van der Waals surface area contributed by atoms with Crippen LogP contribution in [0, 0.1) is 11.3 Å². The van der Waals surface area contributed by atoms with E-state index in [1.165, 1.54) is 28.1 Å². The molecule has 0 bridgehead atoms. The van der Waals surface area contributed by atoms with E-state index < -0.39 is 17.4 Å². The summed E-state index contributed by atoms with van der Waals surface area (Å²) in [6, 6.07) is 9.54. The van der Waals surface area contributed by atoms with Crippen LogP contribution in [-0.2, 0) is 28.7 Å². The Bertz CT molecular complexity index is 831. The third kappa shape index (κ3) is 4.88. The monoisotopic (exact) mass is 398 g/mol. The maximum absolute atomic E-state index is 12.6. The molecule has 0 saturated heterocycles. The molecule has 2 rings (SSSR count). The van der Waals surface area contributed by atoms with Gasteiger partial charge in [-0.1, -0.05) is 48.1 Å². The van der Waals surface area contributed by atoms with Crippen molar-refractivity contribution in [2.45, 2.75) is 33.1 Å². The van der Waals surface area contributed by atoms with Gasteiger partial charge in [-0.2, -0.15) is 0 Å². The summed E-state index contributed by atoms with van der Waals surface area (Å²) in [5.74, 6) is -2.13. The van der Waals surface area contributed by atoms with Crippen LogP contribution < -0.4 is 0 Å². The van der Waals surface area contributed by atoms with Crippen LogP contribution in [0.15, 0.2) is 47.6 Å². The van der Waals surface area contributed by atoms with E-state index in [1.807, 2.05) is 36.4 Å².